The van der Waals surface area contributed by atoms with Gasteiger partial charge in [0.15, 0.2) is 0 Å². The van der Waals surface area contributed by atoms with Crippen molar-refractivity contribution in [2.75, 3.05) is 0 Å². The van der Waals surface area contributed by atoms with E-state index in [0.29, 0.717) is 5.92 Å². The van der Waals surface area contributed by atoms with Gasteiger partial charge < -0.3 is 0 Å². The second kappa shape index (κ2) is 4.33. The molecule has 0 atom stereocenters. The Balaban J connectivity index is 2.26. The number of nitrogens with zero attached hydrogens (tertiary/aromatic N) is 1. The van der Waals surface area contributed by atoms with Gasteiger partial charge in [0.05, 0.1) is 0 Å². The van der Waals surface area contributed by atoms with Crippen molar-refractivity contribution in [1.82, 2.24) is 0 Å². The van der Waals surface area contributed by atoms with Crippen LogP contribution in [-0.2, 0) is 0 Å². The fourth-order valence-electron chi connectivity index (χ4n) is 1.85. The number of nitrogens with one attached hydrogen (secondary N) is 2. The van der Waals surface area contributed by atoms with Gasteiger partial charge in [-0.3, -0.25) is 5.41 Å². The third kappa shape index (κ3) is 2.72. The first kappa shape index (κ1) is 9.36. The molecule has 2 N–H and O–H groups in total. The van der Waals surface area contributed by atoms with E-state index in [1.807, 2.05) is 0 Å². The zero-order valence-corrected chi connectivity index (χ0v) is 7.64. The highest BCUT2D eigenvalue weighted by Gasteiger charge is 2.18. The van der Waals surface area contributed by atoms with Crippen LogP contribution in [0.25, 0.3) is 0 Å². The molecule has 0 heterocycles. The van der Waals surface area contributed by atoms with Crippen LogP contribution in [0, 0.1) is 22.8 Å². The van der Waals surface area contributed by atoms with Gasteiger partial charge in [0.2, 0.25) is 0 Å². The minimum Gasteiger partial charge on any atom is -0.285 e. The Morgan fingerprint density at radius 1 is 1.33 bits per heavy atom. The molecule has 3 heteroatoms. The minimum absolute atomic E-state index is 0.245. The molecule has 0 aromatic carbocycles. The highest BCUT2D eigenvalue weighted by Crippen LogP contribution is 2.30. The molecule has 3 nitrogen and oxygen atoms in total. The van der Waals surface area contributed by atoms with Crippen LogP contribution in [0.4, 0.5) is 0 Å². The van der Waals surface area contributed by atoms with E-state index in [-0.39, 0.29) is 5.84 Å². The fraction of sp³-hybridized carbons (Fsp3) is 0.889. The molecule has 0 radical (unpaired) electrons. The molecule has 68 valence electrons. The fourth-order valence-corrected chi connectivity index (χ4v) is 1.85. The topological polar surface area (TPSA) is 60.1 Å². The van der Waals surface area contributed by atoms with E-state index >= 15 is 0 Å². The lowest BCUT2D eigenvalue weighted by atomic mass is 9.81. The molecule has 1 fully saturated rings. The lowest BCUT2D eigenvalue weighted by Gasteiger charge is -2.25. The van der Waals surface area contributed by atoms with Crippen molar-refractivity contribution in [3.05, 3.63) is 0 Å². The van der Waals surface area contributed by atoms with Gasteiger partial charge in [-0.15, -0.1) is 5.11 Å². The first-order chi connectivity index (χ1) is 5.72. The summed E-state index contributed by atoms with van der Waals surface area (Å²) in [7, 11) is 0. The normalized spacial score (nSPS) is 29.8. The SMILES string of the molecule is CC1CCC(CC(=N)N=N)CC1. The third-order valence-electron chi connectivity index (χ3n) is 2.75. The molecule has 1 aliphatic rings. The summed E-state index contributed by atoms with van der Waals surface area (Å²) >= 11 is 0. The second-order valence-electron chi connectivity index (χ2n) is 3.89. The Labute approximate surface area is 73.6 Å². The number of hydrogen-bond acceptors (Lipinski definition) is 2. The maximum Gasteiger partial charge on any atom is 0.142 e. The Morgan fingerprint density at radius 2 is 1.92 bits per heavy atom. The second-order valence-corrected chi connectivity index (χ2v) is 3.89. The predicted molar refractivity (Wildman–Crippen MR) is 48.6 cm³/mol. The number of hydrogen-bond donors (Lipinski definition) is 2. The highest BCUT2D eigenvalue weighted by atomic mass is 15.0. The van der Waals surface area contributed by atoms with Gasteiger partial charge in [0.25, 0.3) is 0 Å². The molecule has 1 aliphatic carbocycles. The van der Waals surface area contributed by atoms with Gasteiger partial charge in [-0.25, -0.2) is 5.53 Å². The van der Waals surface area contributed by atoms with Crippen molar-refractivity contribution in [3.8, 4) is 0 Å². The lowest BCUT2D eigenvalue weighted by molar-refractivity contribution is 0.295. The molecule has 1 saturated carbocycles. The summed E-state index contributed by atoms with van der Waals surface area (Å²) in [5.41, 5.74) is 6.67. The van der Waals surface area contributed by atoms with Crippen LogP contribution in [0.5, 0.6) is 0 Å². The van der Waals surface area contributed by atoms with Crippen LogP contribution in [0.15, 0.2) is 5.11 Å². The van der Waals surface area contributed by atoms with E-state index < -0.39 is 0 Å². The van der Waals surface area contributed by atoms with Gasteiger partial charge >= 0.3 is 0 Å². The zero-order valence-electron chi connectivity index (χ0n) is 7.64. The van der Waals surface area contributed by atoms with E-state index in [4.69, 9.17) is 10.9 Å². The van der Waals surface area contributed by atoms with Crippen molar-refractivity contribution < 1.29 is 0 Å². The number of rotatable bonds is 2. The third-order valence-corrected chi connectivity index (χ3v) is 2.75. The molecule has 0 aromatic heterocycles. The Hall–Kier alpha value is -0.730. The van der Waals surface area contributed by atoms with Gasteiger partial charge in [-0.05, 0) is 24.7 Å². The number of amidine groups is 1. The van der Waals surface area contributed by atoms with Crippen molar-refractivity contribution in [3.63, 3.8) is 0 Å². The lowest BCUT2D eigenvalue weighted by Crippen LogP contribution is -2.14. The van der Waals surface area contributed by atoms with E-state index in [0.717, 1.165) is 12.3 Å². The summed E-state index contributed by atoms with van der Waals surface area (Å²) in [5.74, 6) is 1.74. The van der Waals surface area contributed by atoms with Crippen LogP contribution >= 0.6 is 0 Å². The van der Waals surface area contributed by atoms with E-state index in [1.54, 1.807) is 0 Å². The van der Waals surface area contributed by atoms with Crippen LogP contribution in [0.1, 0.15) is 39.0 Å². The van der Waals surface area contributed by atoms with Gasteiger partial charge in [0.1, 0.15) is 5.84 Å². The summed E-state index contributed by atoms with van der Waals surface area (Å²) in [5, 5.41) is 10.4. The molecule has 0 bridgehead atoms. The molecule has 0 aromatic rings. The first-order valence-electron chi connectivity index (χ1n) is 4.67. The molecule has 0 amide bonds. The summed E-state index contributed by atoms with van der Waals surface area (Å²) in [6, 6.07) is 0. The van der Waals surface area contributed by atoms with Crippen molar-refractivity contribution in [1.29, 1.82) is 10.9 Å². The molecule has 0 spiro atoms. The summed E-state index contributed by atoms with van der Waals surface area (Å²) in [6.45, 7) is 2.29. The first-order valence-corrected chi connectivity index (χ1v) is 4.67. The summed E-state index contributed by atoms with van der Waals surface area (Å²) < 4.78 is 0. The van der Waals surface area contributed by atoms with E-state index in [2.05, 4.69) is 12.0 Å². The molecular formula is C9H17N3. The maximum atomic E-state index is 7.27. The minimum atomic E-state index is 0.245. The van der Waals surface area contributed by atoms with Crippen molar-refractivity contribution in [2.24, 2.45) is 17.0 Å². The monoisotopic (exact) mass is 167 g/mol. The molecule has 12 heavy (non-hydrogen) atoms. The van der Waals surface area contributed by atoms with Crippen LogP contribution < -0.4 is 0 Å². The van der Waals surface area contributed by atoms with Crippen LogP contribution in [-0.4, -0.2) is 5.84 Å². The van der Waals surface area contributed by atoms with Gasteiger partial charge in [0, 0.05) is 6.42 Å². The van der Waals surface area contributed by atoms with E-state index in [9.17, 15) is 0 Å². The van der Waals surface area contributed by atoms with E-state index in [1.165, 1.54) is 25.7 Å². The molecule has 0 saturated heterocycles. The molecule has 0 unspecified atom stereocenters. The molecule has 1 rings (SSSR count). The summed E-state index contributed by atoms with van der Waals surface area (Å²) in [6.07, 6.45) is 5.74. The Morgan fingerprint density at radius 3 is 2.42 bits per heavy atom. The standard InChI is InChI=1S/C9H17N3/c1-7-2-4-8(5-3-7)6-9(10)12-11/h7-8,10-11H,2-6H2,1H3. The average Bonchev–Trinajstić information content (AvgIpc) is 2.09. The largest absolute Gasteiger partial charge is 0.285 e. The average molecular weight is 167 g/mol. The van der Waals surface area contributed by atoms with Crippen molar-refractivity contribution >= 4 is 5.84 Å². The Bertz CT molecular complexity index is 169. The predicted octanol–water partition coefficient (Wildman–Crippen LogP) is 3.21. The molecular weight excluding hydrogens is 150 g/mol. The zero-order chi connectivity index (χ0) is 8.97. The Kier molecular flexibility index (Phi) is 3.38. The van der Waals surface area contributed by atoms with Gasteiger partial charge in [-0.1, -0.05) is 19.8 Å². The maximum absolute atomic E-state index is 7.27. The smallest absolute Gasteiger partial charge is 0.142 e. The van der Waals surface area contributed by atoms with Crippen LogP contribution in [0.2, 0.25) is 0 Å². The summed E-state index contributed by atoms with van der Waals surface area (Å²) in [4.78, 5) is 0. The van der Waals surface area contributed by atoms with Gasteiger partial charge in [-0.2, -0.15) is 0 Å². The highest BCUT2D eigenvalue weighted by molar-refractivity contribution is 5.79. The quantitative estimate of drug-likeness (QED) is 0.360. The molecule has 0 aliphatic heterocycles. The van der Waals surface area contributed by atoms with Crippen molar-refractivity contribution in [2.45, 2.75) is 39.0 Å². The van der Waals surface area contributed by atoms with Crippen LogP contribution in [0.3, 0.4) is 0 Å².